The van der Waals surface area contributed by atoms with E-state index in [0.717, 1.165) is 30.3 Å². The third-order valence-electron chi connectivity index (χ3n) is 3.22. The van der Waals surface area contributed by atoms with Gasteiger partial charge in [-0.1, -0.05) is 23.7 Å². The summed E-state index contributed by atoms with van der Waals surface area (Å²) in [5.74, 6) is 0.660. The van der Waals surface area contributed by atoms with Gasteiger partial charge in [-0.2, -0.15) is 0 Å². The fourth-order valence-electron chi connectivity index (χ4n) is 2.17. The number of ether oxygens (including phenoxy) is 1. The van der Waals surface area contributed by atoms with Gasteiger partial charge in [0.05, 0.1) is 13.2 Å². The lowest BCUT2D eigenvalue weighted by molar-refractivity contribution is 0.0783. The van der Waals surface area contributed by atoms with Crippen molar-refractivity contribution < 1.29 is 4.74 Å². The summed E-state index contributed by atoms with van der Waals surface area (Å²) in [6, 6.07) is 6.12. The molecule has 0 aromatic heterocycles. The Labute approximate surface area is 108 Å². The third-order valence-corrected chi connectivity index (χ3v) is 3.57. The van der Waals surface area contributed by atoms with Gasteiger partial charge in [-0.3, -0.25) is 0 Å². The fraction of sp³-hybridized carbons (Fsp3) is 0.571. The molecule has 0 amide bonds. The summed E-state index contributed by atoms with van der Waals surface area (Å²) in [5, 5.41) is 4.21. The van der Waals surface area contributed by atoms with Gasteiger partial charge in [0.15, 0.2) is 0 Å². The molecule has 3 heteroatoms. The standard InChI is InChI=1S/C14H20ClNO/c1-11-4-5-13(14(15)7-11)10-17-9-12-3-2-6-16-8-12/h4-5,7,12,16H,2-3,6,8-10H2,1H3. The van der Waals surface area contributed by atoms with E-state index in [1.807, 2.05) is 13.0 Å². The molecule has 1 aromatic carbocycles. The summed E-state index contributed by atoms with van der Waals surface area (Å²) in [6.07, 6.45) is 2.54. The van der Waals surface area contributed by atoms with E-state index in [0.29, 0.717) is 12.5 Å². The van der Waals surface area contributed by atoms with Crippen LogP contribution in [-0.4, -0.2) is 19.7 Å². The molecule has 2 nitrogen and oxygen atoms in total. The lowest BCUT2D eigenvalue weighted by Crippen LogP contribution is -2.32. The average molecular weight is 254 g/mol. The number of piperidine rings is 1. The predicted molar refractivity (Wildman–Crippen MR) is 71.4 cm³/mol. The van der Waals surface area contributed by atoms with Gasteiger partial charge in [-0.25, -0.2) is 0 Å². The van der Waals surface area contributed by atoms with Crippen LogP contribution in [0.3, 0.4) is 0 Å². The molecule has 1 aliphatic heterocycles. The minimum Gasteiger partial charge on any atom is -0.376 e. The number of benzene rings is 1. The van der Waals surface area contributed by atoms with Crippen molar-refractivity contribution >= 4 is 11.6 Å². The molecule has 17 heavy (non-hydrogen) atoms. The zero-order chi connectivity index (χ0) is 12.1. The Morgan fingerprint density at radius 1 is 1.47 bits per heavy atom. The maximum Gasteiger partial charge on any atom is 0.0731 e. The minimum atomic E-state index is 0.621. The van der Waals surface area contributed by atoms with Crippen molar-refractivity contribution in [3.8, 4) is 0 Å². The van der Waals surface area contributed by atoms with E-state index in [4.69, 9.17) is 16.3 Å². The molecular formula is C14H20ClNO. The SMILES string of the molecule is Cc1ccc(COCC2CCCNC2)c(Cl)c1. The van der Waals surface area contributed by atoms with E-state index in [2.05, 4.69) is 17.4 Å². The number of halogens is 1. The second-order valence-electron chi connectivity index (χ2n) is 4.82. The summed E-state index contributed by atoms with van der Waals surface area (Å²) in [7, 11) is 0. The lowest BCUT2D eigenvalue weighted by Gasteiger charge is -2.22. The summed E-state index contributed by atoms with van der Waals surface area (Å²) in [6.45, 7) is 5.74. The molecule has 0 aliphatic carbocycles. The largest absolute Gasteiger partial charge is 0.376 e. The van der Waals surface area contributed by atoms with Crippen LogP contribution in [0, 0.1) is 12.8 Å². The molecule has 1 atom stereocenters. The van der Waals surface area contributed by atoms with E-state index >= 15 is 0 Å². The van der Waals surface area contributed by atoms with E-state index in [9.17, 15) is 0 Å². The monoisotopic (exact) mass is 253 g/mol. The first-order chi connectivity index (χ1) is 8.25. The number of rotatable bonds is 4. The fourth-order valence-corrected chi connectivity index (χ4v) is 2.46. The zero-order valence-corrected chi connectivity index (χ0v) is 11.1. The molecule has 1 unspecified atom stereocenters. The van der Waals surface area contributed by atoms with Gasteiger partial charge in [0.25, 0.3) is 0 Å². The zero-order valence-electron chi connectivity index (χ0n) is 10.3. The molecule has 0 saturated carbocycles. The van der Waals surface area contributed by atoms with Crippen molar-refractivity contribution in [2.75, 3.05) is 19.7 Å². The molecule has 94 valence electrons. The van der Waals surface area contributed by atoms with Gasteiger partial charge in [-0.15, -0.1) is 0 Å². The first kappa shape index (κ1) is 12.9. The molecule has 1 fully saturated rings. The van der Waals surface area contributed by atoms with E-state index in [1.54, 1.807) is 0 Å². The molecule has 0 spiro atoms. The molecule has 0 bridgehead atoms. The molecule has 1 aliphatic rings. The summed E-state index contributed by atoms with van der Waals surface area (Å²) >= 11 is 6.16. The van der Waals surface area contributed by atoms with Gasteiger partial charge in [-0.05, 0) is 49.4 Å². The van der Waals surface area contributed by atoms with Crippen molar-refractivity contribution in [1.29, 1.82) is 0 Å². The van der Waals surface area contributed by atoms with Crippen LogP contribution in [0.25, 0.3) is 0 Å². The second-order valence-corrected chi connectivity index (χ2v) is 5.23. The Hall–Kier alpha value is -0.570. The normalized spacial score (nSPS) is 20.5. The van der Waals surface area contributed by atoms with Crippen LogP contribution < -0.4 is 5.32 Å². The van der Waals surface area contributed by atoms with Gasteiger partial charge in [0, 0.05) is 11.6 Å². The summed E-state index contributed by atoms with van der Waals surface area (Å²) in [4.78, 5) is 0. The maximum atomic E-state index is 6.16. The summed E-state index contributed by atoms with van der Waals surface area (Å²) in [5.41, 5.74) is 2.27. The van der Waals surface area contributed by atoms with E-state index < -0.39 is 0 Å². The molecule has 1 saturated heterocycles. The van der Waals surface area contributed by atoms with Crippen LogP contribution in [0.5, 0.6) is 0 Å². The average Bonchev–Trinajstić information content (AvgIpc) is 2.33. The van der Waals surface area contributed by atoms with Crippen LogP contribution >= 0.6 is 11.6 Å². The highest BCUT2D eigenvalue weighted by Gasteiger charge is 2.12. The minimum absolute atomic E-state index is 0.621. The van der Waals surface area contributed by atoms with Crippen molar-refractivity contribution in [2.24, 2.45) is 5.92 Å². The highest BCUT2D eigenvalue weighted by molar-refractivity contribution is 6.31. The molecule has 1 aromatic rings. The lowest BCUT2D eigenvalue weighted by atomic mass is 10.0. The first-order valence-electron chi connectivity index (χ1n) is 6.29. The second kappa shape index (κ2) is 6.39. The molecule has 0 radical (unpaired) electrons. The van der Waals surface area contributed by atoms with Crippen molar-refractivity contribution in [3.05, 3.63) is 34.3 Å². The Bertz CT molecular complexity index is 361. The molecule has 2 rings (SSSR count). The maximum absolute atomic E-state index is 6.16. The topological polar surface area (TPSA) is 21.3 Å². The Morgan fingerprint density at radius 3 is 3.06 bits per heavy atom. The van der Waals surface area contributed by atoms with Crippen molar-refractivity contribution in [1.82, 2.24) is 5.32 Å². The highest BCUT2D eigenvalue weighted by Crippen LogP contribution is 2.19. The van der Waals surface area contributed by atoms with Gasteiger partial charge < -0.3 is 10.1 Å². The number of hydrogen-bond acceptors (Lipinski definition) is 2. The van der Waals surface area contributed by atoms with Gasteiger partial charge in [0.1, 0.15) is 0 Å². The smallest absolute Gasteiger partial charge is 0.0731 e. The number of hydrogen-bond donors (Lipinski definition) is 1. The molecular weight excluding hydrogens is 234 g/mol. The third kappa shape index (κ3) is 3.98. The molecule has 1 N–H and O–H groups in total. The van der Waals surface area contributed by atoms with Gasteiger partial charge in [0.2, 0.25) is 0 Å². The number of aryl methyl sites for hydroxylation is 1. The Morgan fingerprint density at radius 2 is 2.35 bits per heavy atom. The van der Waals surface area contributed by atoms with Crippen LogP contribution in [0.4, 0.5) is 0 Å². The van der Waals surface area contributed by atoms with Crippen molar-refractivity contribution in [2.45, 2.75) is 26.4 Å². The van der Waals surface area contributed by atoms with E-state index in [-0.39, 0.29) is 0 Å². The van der Waals surface area contributed by atoms with Crippen LogP contribution in [-0.2, 0) is 11.3 Å². The summed E-state index contributed by atoms with van der Waals surface area (Å²) < 4.78 is 5.76. The Kier molecular flexibility index (Phi) is 4.84. The quantitative estimate of drug-likeness (QED) is 0.890. The van der Waals surface area contributed by atoms with Crippen LogP contribution in [0.15, 0.2) is 18.2 Å². The number of nitrogens with one attached hydrogen (secondary N) is 1. The first-order valence-corrected chi connectivity index (χ1v) is 6.67. The predicted octanol–water partition coefficient (Wildman–Crippen LogP) is 3.16. The molecule has 1 heterocycles. The van der Waals surface area contributed by atoms with Crippen molar-refractivity contribution in [3.63, 3.8) is 0 Å². The van der Waals surface area contributed by atoms with E-state index in [1.165, 1.54) is 18.4 Å². The van der Waals surface area contributed by atoms with Crippen LogP contribution in [0.2, 0.25) is 5.02 Å². The van der Waals surface area contributed by atoms with Crippen LogP contribution in [0.1, 0.15) is 24.0 Å². The Balaban J connectivity index is 1.77. The van der Waals surface area contributed by atoms with Gasteiger partial charge >= 0.3 is 0 Å². The highest BCUT2D eigenvalue weighted by atomic mass is 35.5.